The second-order valence-corrected chi connectivity index (χ2v) is 4.72. The van der Waals surface area contributed by atoms with Crippen LogP contribution in [0.5, 0.6) is 0 Å². The summed E-state index contributed by atoms with van der Waals surface area (Å²) < 4.78 is 0. The molecule has 0 fully saturated rings. The van der Waals surface area contributed by atoms with E-state index in [0.717, 1.165) is 17.1 Å². The van der Waals surface area contributed by atoms with Gasteiger partial charge in [0.2, 0.25) is 0 Å². The van der Waals surface area contributed by atoms with Crippen LogP contribution in [0.1, 0.15) is 0 Å². The van der Waals surface area contributed by atoms with Gasteiger partial charge in [0, 0.05) is 12.4 Å². The lowest BCUT2D eigenvalue weighted by atomic mass is 10.2. The maximum absolute atomic E-state index is 6.02. The van der Waals surface area contributed by atoms with Crippen molar-refractivity contribution in [3.05, 3.63) is 54.9 Å². The van der Waals surface area contributed by atoms with Crippen molar-refractivity contribution in [2.45, 2.75) is 0 Å². The molecular formula is C15H17N5. The van der Waals surface area contributed by atoms with Crippen molar-refractivity contribution >= 4 is 28.4 Å². The number of nitrogens with two attached hydrogens (primary N) is 3. The molecule has 20 heavy (non-hydrogen) atoms. The minimum Gasteiger partial charge on any atom is -0.397 e. The average molecular weight is 267 g/mol. The molecule has 3 rings (SSSR count). The first-order valence-electron chi connectivity index (χ1n) is 6.37. The van der Waals surface area contributed by atoms with Crippen LogP contribution in [0.4, 0.5) is 28.4 Å². The predicted molar refractivity (Wildman–Crippen MR) is 85.1 cm³/mol. The standard InChI is InChI=1S/C15H17N5/c16-11-4-1-2-7-14(11)19-8-9-20(10-19)15-12(17)5-3-6-13(15)18/h1-9H,10,16-18H2. The Morgan fingerprint density at radius 3 is 2.00 bits per heavy atom. The third-order valence-electron chi connectivity index (χ3n) is 3.36. The Morgan fingerprint density at radius 2 is 1.30 bits per heavy atom. The van der Waals surface area contributed by atoms with E-state index in [1.54, 1.807) is 0 Å². The number of rotatable bonds is 2. The molecule has 0 spiro atoms. The highest BCUT2D eigenvalue weighted by atomic mass is 15.3. The lowest BCUT2D eigenvalue weighted by Gasteiger charge is -2.24. The van der Waals surface area contributed by atoms with E-state index in [1.165, 1.54) is 0 Å². The fourth-order valence-corrected chi connectivity index (χ4v) is 2.38. The van der Waals surface area contributed by atoms with Crippen LogP contribution in [-0.4, -0.2) is 6.67 Å². The number of nitrogens with zero attached hydrogens (tertiary/aromatic N) is 2. The Hall–Kier alpha value is -2.82. The van der Waals surface area contributed by atoms with Crippen molar-refractivity contribution in [3.8, 4) is 0 Å². The summed E-state index contributed by atoms with van der Waals surface area (Å²) >= 11 is 0. The van der Waals surface area contributed by atoms with E-state index in [0.29, 0.717) is 18.0 Å². The predicted octanol–water partition coefficient (Wildman–Crippen LogP) is 2.19. The molecule has 5 nitrogen and oxygen atoms in total. The van der Waals surface area contributed by atoms with E-state index >= 15 is 0 Å². The van der Waals surface area contributed by atoms with Crippen LogP contribution in [0.25, 0.3) is 0 Å². The summed E-state index contributed by atoms with van der Waals surface area (Å²) in [5.74, 6) is 0. The summed E-state index contributed by atoms with van der Waals surface area (Å²) in [7, 11) is 0. The smallest absolute Gasteiger partial charge is 0.0991 e. The molecule has 0 saturated carbocycles. The van der Waals surface area contributed by atoms with Crippen molar-refractivity contribution < 1.29 is 0 Å². The van der Waals surface area contributed by atoms with Gasteiger partial charge in [-0.05, 0) is 24.3 Å². The molecule has 0 aliphatic carbocycles. The van der Waals surface area contributed by atoms with Crippen LogP contribution < -0.4 is 27.0 Å². The van der Waals surface area contributed by atoms with Crippen molar-refractivity contribution in [3.63, 3.8) is 0 Å². The number of anilines is 5. The van der Waals surface area contributed by atoms with Crippen molar-refractivity contribution in [1.82, 2.24) is 0 Å². The van der Waals surface area contributed by atoms with Crippen LogP contribution >= 0.6 is 0 Å². The van der Waals surface area contributed by atoms with Gasteiger partial charge in [-0.1, -0.05) is 18.2 Å². The molecule has 0 aromatic heterocycles. The molecule has 2 aromatic rings. The molecule has 0 amide bonds. The molecule has 0 atom stereocenters. The molecule has 5 heteroatoms. The summed E-state index contributed by atoms with van der Waals surface area (Å²) in [6.07, 6.45) is 3.92. The minimum atomic E-state index is 0.632. The summed E-state index contributed by atoms with van der Waals surface area (Å²) in [5.41, 5.74) is 21.9. The van der Waals surface area contributed by atoms with Gasteiger partial charge >= 0.3 is 0 Å². The number of benzene rings is 2. The monoisotopic (exact) mass is 267 g/mol. The zero-order valence-corrected chi connectivity index (χ0v) is 11.0. The summed E-state index contributed by atoms with van der Waals surface area (Å²) in [5, 5.41) is 0. The molecule has 1 aliphatic rings. The lowest BCUT2D eigenvalue weighted by Crippen LogP contribution is -2.26. The van der Waals surface area contributed by atoms with Gasteiger partial charge in [-0.15, -0.1) is 0 Å². The Balaban J connectivity index is 1.89. The number of hydrogen-bond acceptors (Lipinski definition) is 5. The summed E-state index contributed by atoms with van der Waals surface area (Å²) in [6, 6.07) is 13.3. The highest BCUT2D eigenvalue weighted by Gasteiger charge is 2.19. The first kappa shape index (κ1) is 12.2. The first-order valence-corrected chi connectivity index (χ1v) is 6.37. The number of para-hydroxylation sites is 3. The van der Waals surface area contributed by atoms with Crippen LogP contribution in [-0.2, 0) is 0 Å². The van der Waals surface area contributed by atoms with Gasteiger partial charge in [-0.2, -0.15) is 0 Å². The van der Waals surface area contributed by atoms with Gasteiger partial charge in [0.1, 0.15) is 0 Å². The van der Waals surface area contributed by atoms with Crippen LogP contribution in [0.2, 0.25) is 0 Å². The van der Waals surface area contributed by atoms with Gasteiger partial charge in [-0.3, -0.25) is 0 Å². The van der Waals surface area contributed by atoms with E-state index in [-0.39, 0.29) is 0 Å². The van der Waals surface area contributed by atoms with E-state index in [1.807, 2.05) is 59.8 Å². The highest BCUT2D eigenvalue weighted by Crippen LogP contribution is 2.34. The SMILES string of the molecule is Nc1ccccc1N1C=CN(c2c(N)cccc2N)C1. The van der Waals surface area contributed by atoms with Crippen molar-refractivity contribution in [2.24, 2.45) is 0 Å². The third-order valence-corrected chi connectivity index (χ3v) is 3.36. The average Bonchev–Trinajstić information content (AvgIpc) is 2.88. The van der Waals surface area contributed by atoms with E-state index in [2.05, 4.69) is 4.90 Å². The molecule has 2 aromatic carbocycles. The van der Waals surface area contributed by atoms with Gasteiger partial charge in [0.05, 0.1) is 35.1 Å². The Kier molecular flexibility index (Phi) is 2.87. The van der Waals surface area contributed by atoms with Crippen molar-refractivity contribution in [2.75, 3.05) is 33.7 Å². The summed E-state index contributed by atoms with van der Waals surface area (Å²) in [6.45, 7) is 0.632. The molecular weight excluding hydrogens is 250 g/mol. The quantitative estimate of drug-likeness (QED) is 0.726. The number of hydrogen-bond donors (Lipinski definition) is 3. The van der Waals surface area contributed by atoms with Crippen molar-refractivity contribution in [1.29, 1.82) is 0 Å². The molecule has 0 saturated heterocycles. The molecule has 6 N–H and O–H groups in total. The van der Waals surface area contributed by atoms with E-state index in [9.17, 15) is 0 Å². The van der Waals surface area contributed by atoms with Gasteiger partial charge in [0.15, 0.2) is 0 Å². The Morgan fingerprint density at radius 1 is 0.700 bits per heavy atom. The molecule has 0 bridgehead atoms. The molecule has 0 radical (unpaired) electrons. The minimum absolute atomic E-state index is 0.632. The Labute approximate surface area is 117 Å². The van der Waals surface area contributed by atoms with E-state index < -0.39 is 0 Å². The fraction of sp³-hybridized carbons (Fsp3) is 0.0667. The van der Waals surface area contributed by atoms with Gasteiger partial charge in [-0.25, -0.2) is 0 Å². The largest absolute Gasteiger partial charge is 0.397 e. The second kappa shape index (κ2) is 4.70. The normalized spacial score (nSPS) is 14.0. The molecule has 102 valence electrons. The molecule has 1 heterocycles. The second-order valence-electron chi connectivity index (χ2n) is 4.72. The zero-order chi connectivity index (χ0) is 14.1. The summed E-state index contributed by atoms with van der Waals surface area (Å²) in [4.78, 5) is 4.07. The third kappa shape index (κ3) is 1.99. The van der Waals surface area contributed by atoms with Crippen LogP contribution in [0.15, 0.2) is 54.9 Å². The first-order chi connectivity index (χ1) is 9.66. The number of nitrogen functional groups attached to an aromatic ring is 3. The Bertz CT molecular complexity index is 645. The van der Waals surface area contributed by atoms with Gasteiger partial charge < -0.3 is 27.0 Å². The van der Waals surface area contributed by atoms with Gasteiger partial charge in [0.25, 0.3) is 0 Å². The zero-order valence-electron chi connectivity index (χ0n) is 11.0. The maximum atomic E-state index is 6.02. The highest BCUT2D eigenvalue weighted by molar-refractivity contribution is 5.83. The fourth-order valence-electron chi connectivity index (χ4n) is 2.38. The lowest BCUT2D eigenvalue weighted by molar-refractivity contribution is 0.979. The topological polar surface area (TPSA) is 84.5 Å². The molecule has 1 aliphatic heterocycles. The van der Waals surface area contributed by atoms with Crippen LogP contribution in [0.3, 0.4) is 0 Å². The van der Waals surface area contributed by atoms with E-state index in [4.69, 9.17) is 17.2 Å². The maximum Gasteiger partial charge on any atom is 0.0991 e. The van der Waals surface area contributed by atoms with Crippen LogP contribution in [0, 0.1) is 0 Å². The molecule has 0 unspecified atom stereocenters.